The van der Waals surface area contributed by atoms with Gasteiger partial charge in [0.2, 0.25) is 5.95 Å². The first-order valence-electron chi connectivity index (χ1n) is 11.8. The van der Waals surface area contributed by atoms with Crippen molar-refractivity contribution in [2.75, 3.05) is 36.0 Å². The van der Waals surface area contributed by atoms with Crippen LogP contribution in [0.25, 0.3) is 16.6 Å². The van der Waals surface area contributed by atoms with Crippen molar-refractivity contribution in [3.8, 4) is 11.1 Å². The summed E-state index contributed by atoms with van der Waals surface area (Å²) in [6.07, 6.45) is 11.4. The Morgan fingerprint density at radius 2 is 1.51 bits per heavy atom. The summed E-state index contributed by atoms with van der Waals surface area (Å²) in [7, 11) is 1.92. The Hall–Kier alpha value is -4.27. The van der Waals surface area contributed by atoms with Crippen LogP contribution in [-0.2, 0) is 7.05 Å². The van der Waals surface area contributed by atoms with Gasteiger partial charge in [-0.25, -0.2) is 19.5 Å². The molecule has 0 unspecified atom stereocenters. The van der Waals surface area contributed by atoms with Gasteiger partial charge >= 0.3 is 0 Å². The summed E-state index contributed by atoms with van der Waals surface area (Å²) in [6, 6.07) is 12.6. The van der Waals surface area contributed by atoms with Crippen LogP contribution in [0, 0.1) is 0 Å². The Labute approximate surface area is 203 Å². The van der Waals surface area contributed by atoms with Gasteiger partial charge in [-0.05, 0) is 17.2 Å². The first kappa shape index (κ1) is 21.3. The summed E-state index contributed by atoms with van der Waals surface area (Å²) in [5.41, 5.74) is 5.54. The normalized spacial score (nSPS) is 15.0. The molecule has 0 bridgehead atoms. The van der Waals surface area contributed by atoms with Crippen LogP contribution in [0.5, 0.6) is 0 Å². The third kappa shape index (κ3) is 4.09. The lowest BCUT2D eigenvalue weighted by atomic mass is 9.96. The van der Waals surface area contributed by atoms with Gasteiger partial charge in [0, 0.05) is 75.1 Å². The molecule has 0 saturated carbocycles. The van der Waals surface area contributed by atoms with E-state index in [0.29, 0.717) is 0 Å². The molecule has 0 aliphatic carbocycles. The Balaban J connectivity index is 1.16. The fraction of sp³-hybridized carbons (Fsp3) is 0.269. The fourth-order valence-electron chi connectivity index (χ4n) is 4.66. The number of benzene rings is 1. The molecule has 6 rings (SSSR count). The van der Waals surface area contributed by atoms with E-state index in [-0.39, 0.29) is 5.92 Å². The van der Waals surface area contributed by atoms with E-state index in [4.69, 9.17) is 9.97 Å². The molecule has 0 spiro atoms. The van der Waals surface area contributed by atoms with Crippen LogP contribution < -0.4 is 9.80 Å². The highest BCUT2D eigenvalue weighted by Gasteiger charge is 2.23. The number of piperazine rings is 1. The fourth-order valence-corrected chi connectivity index (χ4v) is 4.66. The van der Waals surface area contributed by atoms with Crippen LogP contribution in [0.15, 0.2) is 73.7 Å². The van der Waals surface area contributed by atoms with Gasteiger partial charge in [-0.3, -0.25) is 4.68 Å². The number of aromatic nitrogens is 7. The zero-order valence-electron chi connectivity index (χ0n) is 19.9. The molecule has 5 aromatic rings. The van der Waals surface area contributed by atoms with Gasteiger partial charge in [0.05, 0.1) is 6.20 Å². The minimum Gasteiger partial charge on any atom is -0.351 e. The van der Waals surface area contributed by atoms with Gasteiger partial charge in [-0.2, -0.15) is 10.2 Å². The van der Waals surface area contributed by atoms with Gasteiger partial charge < -0.3 is 9.80 Å². The zero-order valence-corrected chi connectivity index (χ0v) is 19.9. The molecule has 0 amide bonds. The largest absolute Gasteiger partial charge is 0.351 e. The van der Waals surface area contributed by atoms with E-state index in [0.717, 1.165) is 60.2 Å². The molecule has 1 aromatic carbocycles. The lowest BCUT2D eigenvalue weighted by molar-refractivity contribution is 0.632. The number of aryl methyl sites for hydroxylation is 1. The number of anilines is 2. The summed E-state index contributed by atoms with van der Waals surface area (Å²) in [5, 5.41) is 8.70. The van der Waals surface area contributed by atoms with Crippen molar-refractivity contribution in [1.29, 1.82) is 0 Å². The minimum absolute atomic E-state index is 0.265. The van der Waals surface area contributed by atoms with Crippen LogP contribution >= 0.6 is 0 Å². The highest BCUT2D eigenvalue weighted by atomic mass is 15.4. The molecule has 5 heterocycles. The topological polar surface area (TPSA) is 80.3 Å². The SMILES string of the molecule is C[C@@H](c1ccccc1)c1cnc(N2CCN(c3ncnn4cc(-c5cnn(C)c5)cc34)CC2)nc1. The third-order valence-electron chi connectivity index (χ3n) is 6.74. The van der Waals surface area contributed by atoms with Crippen molar-refractivity contribution < 1.29 is 0 Å². The molecular weight excluding hydrogens is 438 g/mol. The molecule has 4 aromatic heterocycles. The van der Waals surface area contributed by atoms with E-state index < -0.39 is 0 Å². The van der Waals surface area contributed by atoms with Gasteiger partial charge in [-0.15, -0.1) is 0 Å². The van der Waals surface area contributed by atoms with Crippen molar-refractivity contribution in [3.63, 3.8) is 0 Å². The average molecular weight is 466 g/mol. The number of hydrogen-bond acceptors (Lipinski definition) is 7. The molecule has 1 fully saturated rings. The standard InChI is InChI=1S/C26H27N9/c1-19(20-6-4-3-5-7-20)22-13-27-26(28-14-22)34-10-8-33(9-11-34)25-24-12-21(17-35(24)31-18-29-25)23-15-30-32(2)16-23/h3-7,12-19H,8-11H2,1-2H3/t19-/m0/s1. The minimum atomic E-state index is 0.265. The van der Waals surface area contributed by atoms with Crippen LogP contribution in [0.4, 0.5) is 11.8 Å². The van der Waals surface area contributed by atoms with Gasteiger partial charge in [0.25, 0.3) is 0 Å². The highest BCUT2D eigenvalue weighted by molar-refractivity contribution is 5.77. The molecule has 0 radical (unpaired) electrons. The maximum atomic E-state index is 4.69. The molecule has 9 heteroatoms. The Morgan fingerprint density at radius 3 is 2.23 bits per heavy atom. The first-order chi connectivity index (χ1) is 17.2. The van der Waals surface area contributed by atoms with Crippen molar-refractivity contribution in [2.24, 2.45) is 7.05 Å². The maximum absolute atomic E-state index is 4.69. The lowest BCUT2D eigenvalue weighted by Crippen LogP contribution is -2.47. The van der Waals surface area contributed by atoms with Gasteiger partial charge in [-0.1, -0.05) is 37.3 Å². The monoisotopic (exact) mass is 465 g/mol. The molecule has 35 heavy (non-hydrogen) atoms. The maximum Gasteiger partial charge on any atom is 0.225 e. The molecule has 0 N–H and O–H groups in total. The Morgan fingerprint density at radius 1 is 0.771 bits per heavy atom. The van der Waals surface area contributed by atoms with Crippen molar-refractivity contribution in [3.05, 3.63) is 84.8 Å². The summed E-state index contributed by atoms with van der Waals surface area (Å²) in [6.45, 7) is 5.54. The quantitative estimate of drug-likeness (QED) is 0.394. The molecule has 9 nitrogen and oxygen atoms in total. The van der Waals surface area contributed by atoms with E-state index in [1.807, 2.05) is 48.6 Å². The van der Waals surface area contributed by atoms with Crippen LogP contribution in [-0.4, -0.2) is 60.5 Å². The molecular formula is C26H27N9. The van der Waals surface area contributed by atoms with E-state index >= 15 is 0 Å². The van der Waals surface area contributed by atoms with E-state index in [2.05, 4.69) is 62.2 Å². The van der Waals surface area contributed by atoms with E-state index in [9.17, 15) is 0 Å². The first-order valence-corrected chi connectivity index (χ1v) is 11.8. The highest BCUT2D eigenvalue weighted by Crippen LogP contribution is 2.28. The van der Waals surface area contributed by atoms with Crippen molar-refractivity contribution >= 4 is 17.3 Å². The summed E-state index contributed by atoms with van der Waals surface area (Å²) in [4.78, 5) is 18.6. The van der Waals surface area contributed by atoms with E-state index in [1.54, 1.807) is 11.0 Å². The van der Waals surface area contributed by atoms with Gasteiger partial charge in [0.15, 0.2) is 5.82 Å². The summed E-state index contributed by atoms with van der Waals surface area (Å²) < 4.78 is 3.70. The molecule has 1 atom stereocenters. The molecule has 1 saturated heterocycles. The number of hydrogen-bond donors (Lipinski definition) is 0. The summed E-state index contributed by atoms with van der Waals surface area (Å²) >= 11 is 0. The second-order valence-corrected chi connectivity index (χ2v) is 8.97. The average Bonchev–Trinajstić information content (AvgIpc) is 3.55. The zero-order chi connectivity index (χ0) is 23.8. The second-order valence-electron chi connectivity index (χ2n) is 8.97. The molecule has 176 valence electrons. The number of nitrogens with zero attached hydrogens (tertiary/aromatic N) is 9. The number of rotatable bonds is 5. The second kappa shape index (κ2) is 8.83. The van der Waals surface area contributed by atoms with Crippen LogP contribution in [0.3, 0.4) is 0 Å². The van der Waals surface area contributed by atoms with Crippen LogP contribution in [0.2, 0.25) is 0 Å². The summed E-state index contributed by atoms with van der Waals surface area (Å²) in [5.74, 6) is 1.99. The predicted octanol–water partition coefficient (Wildman–Crippen LogP) is 3.40. The lowest BCUT2D eigenvalue weighted by Gasteiger charge is -2.35. The Kier molecular flexibility index (Phi) is 5.36. The predicted molar refractivity (Wildman–Crippen MR) is 136 cm³/mol. The van der Waals surface area contributed by atoms with E-state index in [1.165, 1.54) is 5.56 Å². The van der Waals surface area contributed by atoms with Gasteiger partial charge in [0.1, 0.15) is 11.8 Å². The third-order valence-corrected chi connectivity index (χ3v) is 6.74. The smallest absolute Gasteiger partial charge is 0.225 e. The molecule has 1 aliphatic heterocycles. The van der Waals surface area contributed by atoms with Crippen molar-refractivity contribution in [2.45, 2.75) is 12.8 Å². The van der Waals surface area contributed by atoms with Crippen LogP contribution in [0.1, 0.15) is 24.0 Å². The Bertz CT molecular complexity index is 1430. The number of fused-ring (bicyclic) bond motifs is 1. The molecule has 1 aliphatic rings. The van der Waals surface area contributed by atoms with Crippen molar-refractivity contribution in [1.82, 2.24) is 34.3 Å².